The second-order valence-electron chi connectivity index (χ2n) is 5.66. The van der Waals surface area contributed by atoms with Gasteiger partial charge in [0.2, 0.25) is 0 Å². The molecule has 0 aliphatic heterocycles. The van der Waals surface area contributed by atoms with Gasteiger partial charge >= 0.3 is 0 Å². The van der Waals surface area contributed by atoms with Crippen molar-refractivity contribution in [3.63, 3.8) is 0 Å². The van der Waals surface area contributed by atoms with Crippen molar-refractivity contribution in [1.82, 2.24) is 5.32 Å². The van der Waals surface area contributed by atoms with Gasteiger partial charge in [-0.15, -0.1) is 0 Å². The molecule has 0 spiro atoms. The Morgan fingerprint density at radius 1 is 1.20 bits per heavy atom. The summed E-state index contributed by atoms with van der Waals surface area (Å²) in [6.07, 6.45) is 2.43. The SMILES string of the molecule is CCCC(CNCC(C)C)Oc1cccc(COC)c1. The predicted octanol–water partition coefficient (Wildman–Crippen LogP) is 3.63. The lowest BCUT2D eigenvalue weighted by atomic mass is 10.1. The minimum absolute atomic E-state index is 0.233. The van der Waals surface area contributed by atoms with Crippen LogP contribution in [0, 0.1) is 5.92 Å². The smallest absolute Gasteiger partial charge is 0.120 e. The lowest BCUT2D eigenvalue weighted by molar-refractivity contribution is 0.177. The molecule has 1 aromatic carbocycles. The van der Waals surface area contributed by atoms with E-state index in [4.69, 9.17) is 9.47 Å². The molecule has 1 N–H and O–H groups in total. The summed E-state index contributed by atoms with van der Waals surface area (Å²) in [4.78, 5) is 0. The molecule has 20 heavy (non-hydrogen) atoms. The molecule has 114 valence electrons. The normalized spacial score (nSPS) is 12.7. The largest absolute Gasteiger partial charge is 0.489 e. The summed E-state index contributed by atoms with van der Waals surface area (Å²) in [5, 5.41) is 3.48. The van der Waals surface area contributed by atoms with Crippen LogP contribution in [0.15, 0.2) is 24.3 Å². The van der Waals surface area contributed by atoms with Crippen LogP contribution >= 0.6 is 0 Å². The minimum Gasteiger partial charge on any atom is -0.489 e. The minimum atomic E-state index is 0.233. The third-order valence-electron chi connectivity index (χ3n) is 3.05. The van der Waals surface area contributed by atoms with Crippen LogP contribution in [0.2, 0.25) is 0 Å². The molecule has 0 saturated heterocycles. The molecule has 3 heteroatoms. The molecule has 0 amide bonds. The van der Waals surface area contributed by atoms with Gasteiger partial charge in [-0.1, -0.05) is 39.3 Å². The summed E-state index contributed by atoms with van der Waals surface area (Å²) in [6.45, 7) is 9.20. The molecule has 1 aromatic rings. The highest BCUT2D eigenvalue weighted by Crippen LogP contribution is 2.17. The van der Waals surface area contributed by atoms with Crippen molar-refractivity contribution in [2.45, 2.75) is 46.3 Å². The summed E-state index contributed by atoms with van der Waals surface area (Å²) in [6, 6.07) is 8.16. The van der Waals surface area contributed by atoms with Crippen molar-refractivity contribution in [3.8, 4) is 5.75 Å². The predicted molar refractivity (Wildman–Crippen MR) is 84.2 cm³/mol. The fraction of sp³-hybridized carbons (Fsp3) is 0.647. The summed E-state index contributed by atoms with van der Waals surface area (Å²) in [5.74, 6) is 1.60. The molecule has 0 aliphatic carbocycles. The molecule has 1 atom stereocenters. The average molecular weight is 279 g/mol. The zero-order valence-electron chi connectivity index (χ0n) is 13.3. The Kier molecular flexibility index (Phi) is 8.31. The topological polar surface area (TPSA) is 30.5 Å². The third-order valence-corrected chi connectivity index (χ3v) is 3.05. The van der Waals surface area contributed by atoms with Crippen LogP contribution in [0.5, 0.6) is 5.75 Å². The third kappa shape index (κ3) is 6.92. The van der Waals surface area contributed by atoms with Crippen LogP contribution in [0.4, 0.5) is 0 Å². The maximum Gasteiger partial charge on any atom is 0.120 e. The molecular formula is C17H29NO2. The van der Waals surface area contributed by atoms with Gasteiger partial charge < -0.3 is 14.8 Å². The van der Waals surface area contributed by atoms with Gasteiger partial charge in [0, 0.05) is 13.7 Å². The van der Waals surface area contributed by atoms with Crippen molar-refractivity contribution in [2.75, 3.05) is 20.2 Å². The second-order valence-corrected chi connectivity index (χ2v) is 5.66. The monoisotopic (exact) mass is 279 g/mol. The maximum absolute atomic E-state index is 6.11. The van der Waals surface area contributed by atoms with Crippen molar-refractivity contribution >= 4 is 0 Å². The molecule has 0 saturated carbocycles. The summed E-state index contributed by atoms with van der Waals surface area (Å²) >= 11 is 0. The highest BCUT2D eigenvalue weighted by molar-refractivity contribution is 5.28. The number of rotatable bonds is 10. The first kappa shape index (κ1) is 17.0. The van der Waals surface area contributed by atoms with E-state index in [1.54, 1.807) is 7.11 Å². The fourth-order valence-electron chi connectivity index (χ4n) is 2.13. The number of ether oxygens (including phenoxy) is 2. The highest BCUT2D eigenvalue weighted by Gasteiger charge is 2.10. The van der Waals surface area contributed by atoms with Crippen LogP contribution < -0.4 is 10.1 Å². The van der Waals surface area contributed by atoms with Gasteiger partial charge in [0.1, 0.15) is 11.9 Å². The van der Waals surface area contributed by atoms with E-state index in [9.17, 15) is 0 Å². The molecule has 1 unspecified atom stereocenters. The van der Waals surface area contributed by atoms with E-state index in [-0.39, 0.29) is 6.10 Å². The average Bonchev–Trinajstić information content (AvgIpc) is 2.39. The van der Waals surface area contributed by atoms with Gasteiger partial charge in [0.25, 0.3) is 0 Å². The van der Waals surface area contributed by atoms with E-state index in [0.717, 1.165) is 37.2 Å². The Hall–Kier alpha value is -1.06. The summed E-state index contributed by atoms with van der Waals surface area (Å²) < 4.78 is 11.3. The maximum atomic E-state index is 6.11. The van der Waals surface area contributed by atoms with Crippen molar-refractivity contribution in [1.29, 1.82) is 0 Å². The van der Waals surface area contributed by atoms with Gasteiger partial charge in [-0.25, -0.2) is 0 Å². The van der Waals surface area contributed by atoms with E-state index in [1.807, 2.05) is 12.1 Å². The van der Waals surface area contributed by atoms with Crippen LogP contribution in [-0.4, -0.2) is 26.3 Å². The first-order valence-electron chi connectivity index (χ1n) is 7.61. The van der Waals surface area contributed by atoms with E-state index < -0.39 is 0 Å². The van der Waals surface area contributed by atoms with Crippen LogP contribution in [-0.2, 0) is 11.3 Å². The van der Waals surface area contributed by atoms with Crippen molar-refractivity contribution in [2.24, 2.45) is 5.92 Å². The molecule has 0 aromatic heterocycles. The molecule has 0 radical (unpaired) electrons. The summed E-state index contributed by atoms with van der Waals surface area (Å²) in [5.41, 5.74) is 1.15. The van der Waals surface area contributed by atoms with Crippen LogP contribution in [0.25, 0.3) is 0 Å². The Balaban J connectivity index is 2.53. The molecule has 0 bridgehead atoms. The van der Waals surface area contributed by atoms with Gasteiger partial charge in [-0.05, 0) is 36.6 Å². The number of benzene rings is 1. The van der Waals surface area contributed by atoms with E-state index in [2.05, 4.69) is 38.2 Å². The zero-order chi connectivity index (χ0) is 14.8. The molecule has 3 nitrogen and oxygen atoms in total. The Bertz CT molecular complexity index is 366. The summed E-state index contributed by atoms with van der Waals surface area (Å²) in [7, 11) is 1.71. The Labute approximate surface area is 123 Å². The number of hydrogen-bond acceptors (Lipinski definition) is 3. The first-order valence-corrected chi connectivity index (χ1v) is 7.61. The van der Waals surface area contributed by atoms with E-state index in [1.165, 1.54) is 0 Å². The van der Waals surface area contributed by atoms with Crippen LogP contribution in [0.1, 0.15) is 39.2 Å². The van der Waals surface area contributed by atoms with Gasteiger partial charge in [-0.2, -0.15) is 0 Å². The van der Waals surface area contributed by atoms with E-state index >= 15 is 0 Å². The highest BCUT2D eigenvalue weighted by atomic mass is 16.5. The number of methoxy groups -OCH3 is 1. The zero-order valence-corrected chi connectivity index (χ0v) is 13.3. The lowest BCUT2D eigenvalue weighted by Crippen LogP contribution is -2.33. The lowest BCUT2D eigenvalue weighted by Gasteiger charge is -2.20. The first-order chi connectivity index (χ1) is 9.65. The fourth-order valence-corrected chi connectivity index (χ4v) is 2.13. The van der Waals surface area contributed by atoms with Gasteiger partial charge in [0.15, 0.2) is 0 Å². The van der Waals surface area contributed by atoms with Crippen molar-refractivity contribution < 1.29 is 9.47 Å². The van der Waals surface area contributed by atoms with E-state index in [0.29, 0.717) is 12.5 Å². The second kappa shape index (κ2) is 9.78. The molecule has 1 rings (SSSR count). The van der Waals surface area contributed by atoms with Gasteiger partial charge in [0.05, 0.1) is 6.61 Å². The standard InChI is InChI=1S/C17H29NO2/c1-5-7-17(12-18-11-14(2)3)20-16-9-6-8-15(10-16)13-19-4/h6,8-10,14,17-18H,5,7,11-13H2,1-4H3. The number of nitrogens with one attached hydrogen (secondary N) is 1. The molecule has 0 heterocycles. The molecular weight excluding hydrogens is 250 g/mol. The molecule has 0 fully saturated rings. The van der Waals surface area contributed by atoms with Crippen molar-refractivity contribution in [3.05, 3.63) is 29.8 Å². The Morgan fingerprint density at radius 2 is 2.00 bits per heavy atom. The Morgan fingerprint density at radius 3 is 2.65 bits per heavy atom. The quantitative estimate of drug-likeness (QED) is 0.709. The number of hydrogen-bond donors (Lipinski definition) is 1. The molecule has 0 aliphatic rings. The van der Waals surface area contributed by atoms with Gasteiger partial charge in [-0.3, -0.25) is 0 Å². The van der Waals surface area contributed by atoms with Crippen LogP contribution in [0.3, 0.4) is 0 Å².